The molecule has 2 saturated heterocycles. The van der Waals surface area contributed by atoms with Crippen molar-refractivity contribution in [2.24, 2.45) is 0 Å². The van der Waals surface area contributed by atoms with E-state index in [1.54, 1.807) is 12.1 Å². The lowest BCUT2D eigenvalue weighted by Gasteiger charge is -2.31. The number of hydrogen-bond donors (Lipinski definition) is 2. The molecule has 3 N–H and O–H groups in total. The Bertz CT molecular complexity index is 845. The summed E-state index contributed by atoms with van der Waals surface area (Å²) in [5.74, 6) is 0.265. The Morgan fingerprint density at radius 2 is 2.35 bits per heavy atom. The van der Waals surface area contributed by atoms with Crippen molar-refractivity contribution >= 4 is 17.5 Å². The summed E-state index contributed by atoms with van der Waals surface area (Å²) in [7, 11) is 0. The van der Waals surface area contributed by atoms with Gasteiger partial charge in [-0.05, 0) is 12.1 Å². The Hall–Kier alpha value is -2.90. The van der Waals surface area contributed by atoms with Crippen molar-refractivity contribution in [3.63, 3.8) is 0 Å². The predicted molar refractivity (Wildman–Crippen MR) is 71.8 cm³/mol. The van der Waals surface area contributed by atoms with E-state index in [1.165, 1.54) is 10.8 Å². The number of hydrogen-bond acceptors (Lipinski definition) is 9. The molecule has 4 rings (SSSR count). The van der Waals surface area contributed by atoms with Crippen molar-refractivity contribution in [3.05, 3.63) is 24.2 Å². The van der Waals surface area contributed by atoms with Crippen LogP contribution in [0.5, 0.6) is 0 Å². The van der Waals surface area contributed by atoms with Gasteiger partial charge < -0.3 is 25.1 Å². The Morgan fingerprint density at radius 1 is 1.52 bits per heavy atom. The van der Waals surface area contributed by atoms with Gasteiger partial charge in [0.25, 0.3) is 0 Å². The number of rotatable bonds is 1. The lowest BCUT2D eigenvalue weighted by molar-refractivity contribution is -0.130. The molecule has 10 heteroatoms. The van der Waals surface area contributed by atoms with Gasteiger partial charge in [-0.15, -0.1) is 0 Å². The number of nitrogen functional groups attached to an aromatic ring is 1. The van der Waals surface area contributed by atoms with E-state index in [4.69, 9.17) is 19.9 Å². The lowest BCUT2D eigenvalue weighted by Crippen LogP contribution is -2.52. The van der Waals surface area contributed by atoms with Crippen LogP contribution in [0.1, 0.15) is 11.8 Å². The number of carbonyl (C=O) groups excluding carboxylic acids is 1. The minimum absolute atomic E-state index is 0.265. The minimum Gasteiger partial charge on any atom is -0.430 e. The second-order valence-corrected chi connectivity index (χ2v) is 5.31. The first-order chi connectivity index (χ1) is 11.1. The minimum atomic E-state index is -1.57. The third-order valence-electron chi connectivity index (χ3n) is 4.04. The normalized spacial score (nSPS) is 32.9. The van der Waals surface area contributed by atoms with Gasteiger partial charge in [0.1, 0.15) is 36.7 Å². The fourth-order valence-electron chi connectivity index (χ4n) is 2.93. The highest BCUT2D eigenvalue weighted by molar-refractivity contribution is 5.65. The maximum absolute atomic E-state index is 11.3. The van der Waals surface area contributed by atoms with Crippen LogP contribution in [0, 0.1) is 11.3 Å². The van der Waals surface area contributed by atoms with Crippen molar-refractivity contribution in [1.82, 2.24) is 14.6 Å². The molecule has 4 atom stereocenters. The number of aromatic nitrogens is 3. The van der Waals surface area contributed by atoms with Crippen LogP contribution < -0.4 is 5.73 Å². The molecule has 2 aromatic heterocycles. The summed E-state index contributed by atoms with van der Waals surface area (Å²) in [6.07, 6.45) is -3.02. The molecular formula is C13H11N5O5. The lowest BCUT2D eigenvalue weighted by atomic mass is 9.95. The zero-order chi connectivity index (χ0) is 16.2. The summed E-state index contributed by atoms with van der Waals surface area (Å²) in [6, 6.07) is 5.25. The van der Waals surface area contributed by atoms with Gasteiger partial charge >= 0.3 is 6.16 Å². The number of aliphatic hydroxyl groups is 1. The van der Waals surface area contributed by atoms with E-state index in [0.29, 0.717) is 11.2 Å². The average molecular weight is 317 g/mol. The molecule has 0 aliphatic carbocycles. The number of nitriles is 1. The molecule has 0 saturated carbocycles. The van der Waals surface area contributed by atoms with E-state index in [-0.39, 0.29) is 12.4 Å². The molecule has 2 aromatic rings. The molecule has 0 spiro atoms. The van der Waals surface area contributed by atoms with Crippen LogP contribution in [0.2, 0.25) is 0 Å². The molecule has 0 bridgehead atoms. The van der Waals surface area contributed by atoms with E-state index in [1.807, 2.05) is 6.07 Å². The molecule has 118 valence electrons. The summed E-state index contributed by atoms with van der Waals surface area (Å²) < 4.78 is 16.9. The summed E-state index contributed by atoms with van der Waals surface area (Å²) in [6.45, 7) is -0.318. The highest BCUT2D eigenvalue weighted by atomic mass is 16.8. The van der Waals surface area contributed by atoms with Crippen molar-refractivity contribution in [2.75, 3.05) is 12.3 Å². The Labute approximate surface area is 129 Å². The second-order valence-electron chi connectivity index (χ2n) is 5.31. The maximum atomic E-state index is 11.3. The van der Waals surface area contributed by atoms with Gasteiger partial charge in [0.05, 0.1) is 5.69 Å². The monoisotopic (exact) mass is 317 g/mol. The highest BCUT2D eigenvalue weighted by Crippen LogP contribution is 2.43. The van der Waals surface area contributed by atoms with Crippen LogP contribution in [0.25, 0.3) is 5.52 Å². The molecule has 2 fully saturated rings. The van der Waals surface area contributed by atoms with E-state index >= 15 is 0 Å². The van der Waals surface area contributed by atoms with E-state index in [9.17, 15) is 15.2 Å². The summed E-state index contributed by atoms with van der Waals surface area (Å²) in [4.78, 5) is 15.2. The molecule has 0 unspecified atom stereocenters. The molecular weight excluding hydrogens is 306 g/mol. The largest absolute Gasteiger partial charge is 0.508 e. The van der Waals surface area contributed by atoms with Gasteiger partial charge in [0.15, 0.2) is 11.9 Å². The van der Waals surface area contributed by atoms with Gasteiger partial charge in [-0.25, -0.2) is 14.3 Å². The van der Waals surface area contributed by atoms with Crippen LogP contribution in [-0.4, -0.2) is 50.3 Å². The molecule has 0 aromatic carbocycles. The Kier molecular flexibility index (Phi) is 2.72. The molecule has 2 aliphatic heterocycles. The fraction of sp³-hybridized carbons (Fsp3) is 0.385. The smallest absolute Gasteiger partial charge is 0.430 e. The van der Waals surface area contributed by atoms with Gasteiger partial charge in [0, 0.05) is 0 Å². The highest BCUT2D eigenvalue weighted by Gasteiger charge is 2.62. The van der Waals surface area contributed by atoms with E-state index in [2.05, 4.69) is 10.1 Å². The number of nitrogens with zero attached hydrogens (tertiary/aromatic N) is 4. The summed E-state index contributed by atoms with van der Waals surface area (Å²) in [5.41, 5.74) is 5.20. The molecule has 0 radical (unpaired) electrons. The van der Waals surface area contributed by atoms with E-state index in [0.717, 1.165) is 0 Å². The van der Waals surface area contributed by atoms with Crippen LogP contribution in [0.4, 0.5) is 10.6 Å². The Balaban J connectivity index is 1.79. The quantitative estimate of drug-likeness (QED) is 0.667. The van der Waals surface area contributed by atoms with Crippen molar-refractivity contribution in [3.8, 4) is 6.07 Å². The standard InChI is InChI=1S/C13H11N5O5/c14-3-13-4-21-12(20)22-10(13)8(19)9(23-13)6-1-2-7-11(15)16-5-17-18(6)7/h1-2,5,8-10,19H,4H2,(H2,15,16,17)/t8-,9-,10-,13+/m0/s1. The predicted octanol–water partition coefficient (Wildman–Crippen LogP) is -0.459. The number of anilines is 1. The third kappa shape index (κ3) is 1.77. The first-order valence-electron chi connectivity index (χ1n) is 6.74. The number of fused-ring (bicyclic) bond motifs is 2. The summed E-state index contributed by atoms with van der Waals surface area (Å²) in [5, 5.41) is 24.0. The molecule has 4 heterocycles. The number of nitrogens with two attached hydrogens (primary N) is 1. The third-order valence-corrected chi connectivity index (χ3v) is 4.04. The second kappa shape index (κ2) is 4.55. The van der Waals surface area contributed by atoms with E-state index < -0.39 is 30.1 Å². The number of aliphatic hydroxyl groups excluding tert-OH is 1. The number of cyclic esters (lactones) is 1. The molecule has 2 aliphatic rings. The SMILES string of the molecule is N#C[C@@]12COC(=O)O[C@H]1[C@@H](O)[C@H](c1ccc3c(N)ncnn13)O2. The zero-order valence-electron chi connectivity index (χ0n) is 11.6. The van der Waals surface area contributed by atoms with Crippen LogP contribution in [0.3, 0.4) is 0 Å². The van der Waals surface area contributed by atoms with Crippen molar-refractivity contribution in [2.45, 2.75) is 23.9 Å². The first-order valence-corrected chi connectivity index (χ1v) is 6.74. The van der Waals surface area contributed by atoms with Gasteiger partial charge in [-0.1, -0.05) is 0 Å². The fourth-order valence-corrected chi connectivity index (χ4v) is 2.93. The van der Waals surface area contributed by atoms with Crippen LogP contribution in [0.15, 0.2) is 18.5 Å². The van der Waals surface area contributed by atoms with Crippen LogP contribution in [-0.2, 0) is 14.2 Å². The Morgan fingerprint density at radius 3 is 3.13 bits per heavy atom. The van der Waals surface area contributed by atoms with Gasteiger partial charge in [-0.3, -0.25) is 0 Å². The van der Waals surface area contributed by atoms with Gasteiger partial charge in [0.2, 0.25) is 5.60 Å². The van der Waals surface area contributed by atoms with Gasteiger partial charge in [-0.2, -0.15) is 10.4 Å². The summed E-state index contributed by atoms with van der Waals surface area (Å²) >= 11 is 0. The van der Waals surface area contributed by atoms with Crippen molar-refractivity contribution < 1.29 is 24.1 Å². The molecule has 23 heavy (non-hydrogen) atoms. The topological polar surface area (TPSA) is 145 Å². The zero-order valence-corrected chi connectivity index (χ0v) is 11.6. The number of carbonyl (C=O) groups is 1. The first kappa shape index (κ1) is 13.7. The average Bonchev–Trinajstić information content (AvgIpc) is 3.09. The van der Waals surface area contributed by atoms with Crippen molar-refractivity contribution in [1.29, 1.82) is 5.26 Å². The maximum Gasteiger partial charge on any atom is 0.508 e. The molecule has 0 amide bonds. The number of ether oxygens (including phenoxy) is 3. The molecule has 10 nitrogen and oxygen atoms in total. The van der Waals surface area contributed by atoms with Crippen LogP contribution >= 0.6 is 0 Å².